The van der Waals surface area contributed by atoms with Crippen LogP contribution in [-0.2, 0) is 0 Å². The summed E-state index contributed by atoms with van der Waals surface area (Å²) in [6.07, 6.45) is 0. The summed E-state index contributed by atoms with van der Waals surface area (Å²) in [5, 5.41) is 4.77. The van der Waals surface area contributed by atoms with E-state index in [-0.39, 0.29) is 11.9 Å². The van der Waals surface area contributed by atoms with Gasteiger partial charge in [0.1, 0.15) is 4.88 Å². The number of aryl methyl sites for hydroxylation is 1. The molecule has 2 rings (SSSR count). The lowest BCUT2D eigenvalue weighted by Crippen LogP contribution is -2.26. The molecule has 3 N–H and O–H groups in total. The number of amides is 1. The Labute approximate surface area is 111 Å². The molecular formula is C14H16N2OS. The lowest BCUT2D eigenvalue weighted by Gasteiger charge is -2.14. The highest BCUT2D eigenvalue weighted by Gasteiger charge is 2.14. The van der Waals surface area contributed by atoms with Crippen LogP contribution in [0.25, 0.3) is 0 Å². The summed E-state index contributed by atoms with van der Waals surface area (Å²) in [4.78, 5) is 12.6. The number of carbonyl (C=O) groups excluding carboxylic acids is 1. The van der Waals surface area contributed by atoms with Gasteiger partial charge in [-0.1, -0.05) is 29.8 Å². The molecule has 1 heterocycles. The molecule has 0 saturated heterocycles. The number of anilines is 1. The molecule has 0 saturated carbocycles. The number of thiophene rings is 1. The van der Waals surface area contributed by atoms with E-state index in [1.54, 1.807) is 6.07 Å². The first-order chi connectivity index (χ1) is 8.58. The van der Waals surface area contributed by atoms with Crippen LogP contribution in [0.15, 0.2) is 35.7 Å². The van der Waals surface area contributed by atoms with Gasteiger partial charge in [-0.25, -0.2) is 0 Å². The van der Waals surface area contributed by atoms with Crippen LogP contribution in [0.1, 0.15) is 33.8 Å². The van der Waals surface area contributed by atoms with Crippen LogP contribution in [0.2, 0.25) is 0 Å². The van der Waals surface area contributed by atoms with Crippen molar-refractivity contribution in [1.82, 2.24) is 5.32 Å². The molecule has 1 aromatic carbocycles. The number of nitrogen functional groups attached to an aromatic ring is 1. The molecule has 3 nitrogen and oxygen atoms in total. The summed E-state index contributed by atoms with van der Waals surface area (Å²) < 4.78 is 0. The van der Waals surface area contributed by atoms with Gasteiger partial charge in [-0.15, -0.1) is 11.3 Å². The lowest BCUT2D eigenvalue weighted by atomic mass is 10.1. The highest BCUT2D eigenvalue weighted by molar-refractivity contribution is 7.12. The fourth-order valence-corrected chi connectivity index (χ4v) is 2.43. The normalized spacial score (nSPS) is 12.1. The molecule has 0 aliphatic carbocycles. The van der Waals surface area contributed by atoms with Crippen LogP contribution in [0.5, 0.6) is 0 Å². The zero-order valence-corrected chi connectivity index (χ0v) is 11.3. The van der Waals surface area contributed by atoms with Crippen LogP contribution in [-0.4, -0.2) is 5.91 Å². The van der Waals surface area contributed by atoms with Gasteiger partial charge in [-0.3, -0.25) is 4.79 Å². The van der Waals surface area contributed by atoms with E-state index in [9.17, 15) is 4.79 Å². The van der Waals surface area contributed by atoms with Crippen LogP contribution < -0.4 is 11.1 Å². The number of nitrogens with one attached hydrogen (secondary N) is 1. The second kappa shape index (κ2) is 5.23. The van der Waals surface area contributed by atoms with Crippen molar-refractivity contribution in [3.63, 3.8) is 0 Å². The third-order valence-corrected chi connectivity index (χ3v) is 3.76. The van der Waals surface area contributed by atoms with Crippen LogP contribution in [0, 0.1) is 6.92 Å². The molecule has 4 heteroatoms. The van der Waals surface area contributed by atoms with E-state index in [4.69, 9.17) is 5.73 Å². The summed E-state index contributed by atoms with van der Waals surface area (Å²) in [7, 11) is 0. The van der Waals surface area contributed by atoms with Crippen LogP contribution >= 0.6 is 11.3 Å². The maximum atomic E-state index is 12.0. The summed E-state index contributed by atoms with van der Waals surface area (Å²) in [5.74, 6) is -0.115. The molecule has 0 aliphatic rings. The first-order valence-electron chi connectivity index (χ1n) is 5.78. The number of hydrogen-bond acceptors (Lipinski definition) is 3. The van der Waals surface area contributed by atoms with Crippen LogP contribution in [0.3, 0.4) is 0 Å². The van der Waals surface area contributed by atoms with Gasteiger partial charge in [-0.05, 0) is 30.9 Å². The van der Waals surface area contributed by atoms with E-state index in [1.165, 1.54) is 16.9 Å². The molecule has 0 aliphatic heterocycles. The van der Waals surface area contributed by atoms with E-state index < -0.39 is 0 Å². The standard InChI is InChI=1S/C14H16N2OS/c1-9-3-5-11(6-4-9)10(2)16-14(17)13-12(15)7-8-18-13/h3-8,10H,15H2,1-2H3,(H,16,17). The second-order valence-electron chi connectivity index (χ2n) is 4.31. The van der Waals surface area contributed by atoms with E-state index in [0.29, 0.717) is 10.6 Å². The lowest BCUT2D eigenvalue weighted by molar-refractivity contribution is 0.0945. The fourth-order valence-electron chi connectivity index (χ4n) is 1.70. The number of carbonyl (C=O) groups is 1. The van der Waals surface area contributed by atoms with Crippen LogP contribution in [0.4, 0.5) is 5.69 Å². The maximum absolute atomic E-state index is 12.0. The number of rotatable bonds is 3. The summed E-state index contributed by atoms with van der Waals surface area (Å²) in [6.45, 7) is 4.01. The van der Waals surface area contributed by atoms with Crippen molar-refractivity contribution in [3.8, 4) is 0 Å². The van der Waals surface area contributed by atoms with Gasteiger partial charge < -0.3 is 11.1 Å². The summed E-state index contributed by atoms with van der Waals surface area (Å²) in [6, 6.07) is 9.85. The van der Waals surface area contributed by atoms with Crippen molar-refractivity contribution in [2.24, 2.45) is 0 Å². The molecule has 2 aromatic rings. The highest BCUT2D eigenvalue weighted by atomic mass is 32.1. The second-order valence-corrected chi connectivity index (χ2v) is 5.23. The van der Waals surface area contributed by atoms with Gasteiger partial charge in [0.15, 0.2) is 0 Å². The molecule has 1 amide bonds. The van der Waals surface area contributed by atoms with Crippen molar-refractivity contribution in [3.05, 3.63) is 51.7 Å². The van der Waals surface area contributed by atoms with Crippen molar-refractivity contribution in [2.45, 2.75) is 19.9 Å². The Bertz CT molecular complexity index is 545. The molecule has 1 atom stereocenters. The van der Waals surface area contributed by atoms with Crippen molar-refractivity contribution < 1.29 is 4.79 Å². The van der Waals surface area contributed by atoms with E-state index in [1.807, 2.05) is 43.5 Å². The molecule has 1 unspecified atom stereocenters. The van der Waals surface area contributed by atoms with E-state index in [0.717, 1.165) is 5.56 Å². The van der Waals surface area contributed by atoms with Crippen molar-refractivity contribution >= 4 is 22.9 Å². The monoisotopic (exact) mass is 260 g/mol. The molecule has 0 radical (unpaired) electrons. The zero-order valence-electron chi connectivity index (χ0n) is 10.4. The Morgan fingerprint density at radius 2 is 1.94 bits per heavy atom. The van der Waals surface area contributed by atoms with Gasteiger partial charge in [0.2, 0.25) is 0 Å². The zero-order chi connectivity index (χ0) is 13.1. The Kier molecular flexibility index (Phi) is 3.67. The van der Waals surface area contributed by atoms with Gasteiger partial charge in [0.05, 0.1) is 11.7 Å². The van der Waals surface area contributed by atoms with Gasteiger partial charge in [-0.2, -0.15) is 0 Å². The summed E-state index contributed by atoms with van der Waals surface area (Å²) in [5.41, 5.74) is 8.56. The smallest absolute Gasteiger partial charge is 0.263 e. The van der Waals surface area contributed by atoms with E-state index >= 15 is 0 Å². The third-order valence-electron chi connectivity index (χ3n) is 2.83. The predicted octanol–water partition coefficient (Wildman–Crippen LogP) is 3.13. The topological polar surface area (TPSA) is 55.1 Å². The Morgan fingerprint density at radius 3 is 2.50 bits per heavy atom. The quantitative estimate of drug-likeness (QED) is 0.890. The summed E-state index contributed by atoms with van der Waals surface area (Å²) >= 11 is 1.36. The number of benzene rings is 1. The minimum absolute atomic E-state index is 0.0281. The first kappa shape index (κ1) is 12.6. The Morgan fingerprint density at radius 1 is 1.28 bits per heavy atom. The Balaban J connectivity index is 2.08. The number of nitrogens with two attached hydrogens (primary N) is 1. The van der Waals surface area contributed by atoms with Gasteiger partial charge in [0.25, 0.3) is 5.91 Å². The molecule has 1 aromatic heterocycles. The van der Waals surface area contributed by atoms with Gasteiger partial charge in [0, 0.05) is 0 Å². The maximum Gasteiger partial charge on any atom is 0.263 e. The van der Waals surface area contributed by atoms with E-state index in [2.05, 4.69) is 5.32 Å². The minimum atomic E-state index is -0.115. The Hall–Kier alpha value is -1.81. The fraction of sp³-hybridized carbons (Fsp3) is 0.214. The SMILES string of the molecule is Cc1ccc(C(C)NC(=O)c2sccc2N)cc1. The van der Waals surface area contributed by atoms with Crippen molar-refractivity contribution in [1.29, 1.82) is 0 Å². The molecule has 0 fully saturated rings. The molecule has 18 heavy (non-hydrogen) atoms. The molecule has 94 valence electrons. The van der Waals surface area contributed by atoms with Gasteiger partial charge >= 0.3 is 0 Å². The first-order valence-corrected chi connectivity index (χ1v) is 6.66. The minimum Gasteiger partial charge on any atom is -0.397 e. The number of hydrogen-bond donors (Lipinski definition) is 2. The molecule has 0 spiro atoms. The largest absolute Gasteiger partial charge is 0.397 e. The molecular weight excluding hydrogens is 244 g/mol. The predicted molar refractivity (Wildman–Crippen MR) is 75.8 cm³/mol. The average Bonchev–Trinajstić information content (AvgIpc) is 2.76. The highest BCUT2D eigenvalue weighted by Crippen LogP contribution is 2.20. The molecule has 0 bridgehead atoms. The average molecular weight is 260 g/mol. The third kappa shape index (κ3) is 2.71. The van der Waals surface area contributed by atoms with Crippen molar-refractivity contribution in [2.75, 3.05) is 5.73 Å².